The largest absolute Gasteiger partial charge is 0.480 e. The molecule has 0 heterocycles. The van der Waals surface area contributed by atoms with Crippen molar-refractivity contribution >= 4 is 28.4 Å². The van der Waals surface area contributed by atoms with Gasteiger partial charge in [0.05, 0.1) is 15.8 Å². The van der Waals surface area contributed by atoms with Crippen LogP contribution in [0.2, 0.25) is 5.02 Å². The maximum Gasteiger partial charge on any atom is 0.319 e. The molecular weight excluding hydrogens is 269 g/mol. The third kappa shape index (κ3) is 3.49. The lowest BCUT2D eigenvalue weighted by Gasteiger charge is -2.11. The molecule has 0 aromatic heterocycles. The Kier molecular flexibility index (Phi) is 5.04. The fraction of sp³-hybridized carbons (Fsp3) is 0.300. The van der Waals surface area contributed by atoms with E-state index in [1.54, 1.807) is 0 Å². The number of hydrogen-bond acceptors (Lipinski definition) is 3. The molecular formula is C10H11ClFNO3S. The molecule has 2 unspecified atom stereocenters. The Morgan fingerprint density at radius 3 is 2.71 bits per heavy atom. The van der Waals surface area contributed by atoms with Gasteiger partial charge in [0.2, 0.25) is 0 Å². The highest BCUT2D eigenvalue weighted by molar-refractivity contribution is 7.86. The van der Waals surface area contributed by atoms with Crippen molar-refractivity contribution in [2.75, 3.05) is 6.54 Å². The van der Waals surface area contributed by atoms with Crippen LogP contribution < -0.4 is 5.73 Å². The van der Waals surface area contributed by atoms with E-state index in [-0.39, 0.29) is 22.9 Å². The summed E-state index contributed by atoms with van der Waals surface area (Å²) in [6.07, 6.45) is 0.0803. The van der Waals surface area contributed by atoms with Gasteiger partial charge in [-0.1, -0.05) is 11.6 Å². The quantitative estimate of drug-likeness (QED) is 0.853. The molecule has 0 aliphatic rings. The highest BCUT2D eigenvalue weighted by atomic mass is 35.5. The van der Waals surface area contributed by atoms with Gasteiger partial charge in [-0.15, -0.1) is 0 Å². The van der Waals surface area contributed by atoms with E-state index < -0.39 is 27.8 Å². The summed E-state index contributed by atoms with van der Waals surface area (Å²) >= 11 is 5.54. The SMILES string of the molecule is NCCC(C(=O)O)S(=O)c1ccc(F)c(Cl)c1. The predicted octanol–water partition coefficient (Wildman–Crippen LogP) is 1.39. The Labute approximate surface area is 105 Å². The highest BCUT2D eigenvalue weighted by Crippen LogP contribution is 2.21. The number of aliphatic carboxylic acids is 1. The zero-order valence-electron chi connectivity index (χ0n) is 8.73. The summed E-state index contributed by atoms with van der Waals surface area (Å²) in [6, 6.07) is 3.47. The van der Waals surface area contributed by atoms with Gasteiger partial charge in [0, 0.05) is 4.90 Å². The topological polar surface area (TPSA) is 80.4 Å². The molecule has 0 aliphatic carbocycles. The van der Waals surface area contributed by atoms with Crippen molar-refractivity contribution in [2.45, 2.75) is 16.6 Å². The second-order valence-electron chi connectivity index (χ2n) is 3.28. The van der Waals surface area contributed by atoms with Crippen LogP contribution in [0, 0.1) is 5.82 Å². The van der Waals surface area contributed by atoms with Crippen molar-refractivity contribution in [3.8, 4) is 0 Å². The average Bonchev–Trinajstić information content (AvgIpc) is 2.28. The zero-order valence-corrected chi connectivity index (χ0v) is 10.3. The van der Waals surface area contributed by atoms with E-state index >= 15 is 0 Å². The zero-order chi connectivity index (χ0) is 13.0. The summed E-state index contributed by atoms with van der Waals surface area (Å²) in [5.74, 6) is -1.84. The minimum absolute atomic E-state index is 0.0803. The normalized spacial score (nSPS) is 14.3. The van der Waals surface area contributed by atoms with E-state index in [4.69, 9.17) is 22.4 Å². The van der Waals surface area contributed by atoms with Crippen molar-refractivity contribution in [3.63, 3.8) is 0 Å². The van der Waals surface area contributed by atoms with E-state index in [1.165, 1.54) is 12.1 Å². The molecule has 7 heteroatoms. The van der Waals surface area contributed by atoms with Gasteiger partial charge in [0.1, 0.15) is 11.1 Å². The average molecular weight is 280 g/mol. The van der Waals surface area contributed by atoms with Crippen molar-refractivity contribution in [1.82, 2.24) is 0 Å². The molecule has 0 fully saturated rings. The van der Waals surface area contributed by atoms with Gasteiger partial charge in [-0.05, 0) is 31.2 Å². The standard InChI is InChI=1S/C10H11ClFNO3S/c11-7-5-6(1-2-8(7)12)17(16)9(3-4-13)10(14)15/h1-2,5,9H,3-4,13H2,(H,14,15). The van der Waals surface area contributed by atoms with Crippen LogP contribution in [0.4, 0.5) is 4.39 Å². The molecule has 0 aliphatic heterocycles. The number of halogens is 2. The van der Waals surface area contributed by atoms with Gasteiger partial charge in [0.15, 0.2) is 0 Å². The number of rotatable bonds is 5. The molecule has 2 atom stereocenters. The molecule has 1 aromatic carbocycles. The maximum absolute atomic E-state index is 12.9. The lowest BCUT2D eigenvalue weighted by atomic mass is 10.3. The third-order valence-corrected chi connectivity index (χ3v) is 4.05. The van der Waals surface area contributed by atoms with Gasteiger partial charge < -0.3 is 10.8 Å². The van der Waals surface area contributed by atoms with E-state index in [1.807, 2.05) is 0 Å². The molecule has 0 saturated carbocycles. The first-order valence-corrected chi connectivity index (χ1v) is 6.35. The van der Waals surface area contributed by atoms with Gasteiger partial charge in [-0.25, -0.2) is 4.39 Å². The molecule has 0 spiro atoms. The van der Waals surface area contributed by atoms with E-state index in [0.29, 0.717) is 0 Å². The number of nitrogens with two attached hydrogens (primary N) is 1. The smallest absolute Gasteiger partial charge is 0.319 e. The third-order valence-electron chi connectivity index (χ3n) is 2.09. The van der Waals surface area contributed by atoms with Crippen molar-refractivity contribution in [1.29, 1.82) is 0 Å². The fourth-order valence-corrected chi connectivity index (χ4v) is 2.78. The van der Waals surface area contributed by atoms with Crippen LogP contribution in [0.1, 0.15) is 6.42 Å². The summed E-state index contributed by atoms with van der Waals surface area (Å²) < 4.78 is 24.8. The van der Waals surface area contributed by atoms with E-state index in [2.05, 4.69) is 0 Å². The molecule has 0 saturated heterocycles. The van der Waals surface area contributed by atoms with Crippen LogP contribution in [-0.2, 0) is 15.6 Å². The summed E-state index contributed by atoms with van der Waals surface area (Å²) in [5, 5.41) is 7.61. The molecule has 1 rings (SSSR count). The van der Waals surface area contributed by atoms with Crippen LogP contribution in [0.3, 0.4) is 0 Å². The molecule has 1 aromatic rings. The number of hydrogen-bond donors (Lipinski definition) is 2. The Bertz CT molecular complexity index is 455. The van der Waals surface area contributed by atoms with Crippen LogP contribution in [-0.4, -0.2) is 27.1 Å². The van der Waals surface area contributed by atoms with E-state index in [9.17, 15) is 13.4 Å². The molecule has 4 nitrogen and oxygen atoms in total. The Morgan fingerprint density at radius 1 is 1.59 bits per heavy atom. The molecule has 94 valence electrons. The minimum Gasteiger partial charge on any atom is -0.480 e. The number of carboxylic acids is 1. The molecule has 0 bridgehead atoms. The maximum atomic E-state index is 12.9. The minimum atomic E-state index is -1.80. The van der Waals surface area contributed by atoms with Crippen LogP contribution in [0.5, 0.6) is 0 Å². The number of benzene rings is 1. The van der Waals surface area contributed by atoms with Gasteiger partial charge in [-0.3, -0.25) is 9.00 Å². The first-order chi connectivity index (χ1) is 7.97. The first-order valence-electron chi connectivity index (χ1n) is 4.76. The number of carboxylic acid groups (broad SMARTS) is 1. The van der Waals surface area contributed by atoms with Crippen molar-refractivity contribution in [2.24, 2.45) is 5.73 Å². The lowest BCUT2D eigenvalue weighted by molar-refractivity contribution is -0.136. The van der Waals surface area contributed by atoms with Gasteiger partial charge in [-0.2, -0.15) is 0 Å². The van der Waals surface area contributed by atoms with Crippen molar-refractivity contribution in [3.05, 3.63) is 29.0 Å². The first kappa shape index (κ1) is 14.1. The Morgan fingerprint density at radius 2 is 2.24 bits per heavy atom. The molecule has 0 amide bonds. The second-order valence-corrected chi connectivity index (χ2v) is 5.32. The molecule has 3 N–H and O–H groups in total. The Balaban J connectivity index is 3.01. The summed E-state index contributed by atoms with van der Waals surface area (Å²) in [7, 11) is -1.80. The Hall–Kier alpha value is -0.980. The summed E-state index contributed by atoms with van der Waals surface area (Å²) in [6.45, 7) is 0.109. The fourth-order valence-electron chi connectivity index (χ4n) is 1.24. The van der Waals surface area contributed by atoms with Crippen LogP contribution >= 0.6 is 11.6 Å². The van der Waals surface area contributed by atoms with Crippen LogP contribution in [0.25, 0.3) is 0 Å². The molecule has 0 radical (unpaired) electrons. The second kappa shape index (κ2) is 6.09. The summed E-state index contributed by atoms with van der Waals surface area (Å²) in [5.41, 5.74) is 5.25. The lowest BCUT2D eigenvalue weighted by Crippen LogP contribution is -2.28. The number of carbonyl (C=O) groups is 1. The van der Waals surface area contributed by atoms with Gasteiger partial charge >= 0.3 is 5.97 Å². The van der Waals surface area contributed by atoms with Gasteiger partial charge in [0.25, 0.3) is 0 Å². The highest BCUT2D eigenvalue weighted by Gasteiger charge is 2.25. The monoisotopic (exact) mass is 279 g/mol. The summed E-state index contributed by atoms with van der Waals surface area (Å²) in [4.78, 5) is 11.1. The molecule has 17 heavy (non-hydrogen) atoms. The van der Waals surface area contributed by atoms with E-state index in [0.717, 1.165) is 6.07 Å². The van der Waals surface area contributed by atoms with Crippen molar-refractivity contribution < 1.29 is 18.5 Å². The van der Waals surface area contributed by atoms with Crippen LogP contribution in [0.15, 0.2) is 23.1 Å². The predicted molar refractivity (Wildman–Crippen MR) is 62.9 cm³/mol.